The molecule has 1 N–H and O–H groups in total. The molecular formula is C8H7ClO2S. The van der Waals surface area contributed by atoms with Crippen molar-refractivity contribution in [3.8, 4) is 0 Å². The number of carbonyl (C=O) groups is 1. The molecule has 1 heterocycles. The van der Waals surface area contributed by atoms with Crippen LogP contribution in [0.2, 0.25) is 4.34 Å². The van der Waals surface area contributed by atoms with Crippen molar-refractivity contribution >= 4 is 28.9 Å². The first-order chi connectivity index (χ1) is 5.70. The van der Waals surface area contributed by atoms with E-state index in [2.05, 4.69) is 0 Å². The fraction of sp³-hybridized carbons (Fsp3) is 0.375. The van der Waals surface area contributed by atoms with E-state index in [9.17, 15) is 4.79 Å². The Hall–Kier alpha value is -0.540. The van der Waals surface area contributed by atoms with Gasteiger partial charge in [-0.2, -0.15) is 0 Å². The number of hydrogen-bond donors (Lipinski definition) is 1. The van der Waals surface area contributed by atoms with Gasteiger partial charge in [0.1, 0.15) is 4.34 Å². The first-order valence-electron chi connectivity index (χ1n) is 3.70. The van der Waals surface area contributed by atoms with E-state index < -0.39 is 5.97 Å². The lowest BCUT2D eigenvalue weighted by atomic mass is 10.1. The van der Waals surface area contributed by atoms with E-state index in [1.807, 2.05) is 5.38 Å². The maximum Gasteiger partial charge on any atom is 0.338 e. The molecule has 12 heavy (non-hydrogen) atoms. The predicted molar refractivity (Wildman–Crippen MR) is 48.3 cm³/mol. The summed E-state index contributed by atoms with van der Waals surface area (Å²) in [4.78, 5) is 10.8. The molecule has 0 spiro atoms. The minimum atomic E-state index is -0.900. The highest BCUT2D eigenvalue weighted by Crippen LogP contribution is 2.45. The molecule has 0 saturated heterocycles. The van der Waals surface area contributed by atoms with Crippen molar-refractivity contribution in [2.75, 3.05) is 0 Å². The van der Waals surface area contributed by atoms with Gasteiger partial charge in [-0.25, -0.2) is 4.79 Å². The van der Waals surface area contributed by atoms with Crippen LogP contribution < -0.4 is 0 Å². The van der Waals surface area contributed by atoms with Crippen molar-refractivity contribution in [2.45, 2.75) is 18.8 Å². The number of carboxylic acid groups (broad SMARTS) is 1. The number of rotatable bonds is 2. The van der Waals surface area contributed by atoms with E-state index in [1.54, 1.807) is 0 Å². The topological polar surface area (TPSA) is 37.3 Å². The molecule has 1 aliphatic carbocycles. The Bertz CT molecular complexity index is 328. The summed E-state index contributed by atoms with van der Waals surface area (Å²) < 4.78 is 0.407. The second kappa shape index (κ2) is 2.75. The molecule has 0 atom stereocenters. The Kier molecular flexibility index (Phi) is 1.85. The molecule has 0 radical (unpaired) electrons. The summed E-state index contributed by atoms with van der Waals surface area (Å²) in [5.41, 5.74) is 1.25. The SMILES string of the molecule is O=C(O)c1c(C2CC2)csc1Cl. The summed E-state index contributed by atoms with van der Waals surface area (Å²) >= 11 is 7.06. The third kappa shape index (κ3) is 1.23. The molecule has 1 saturated carbocycles. The molecule has 1 aromatic heterocycles. The van der Waals surface area contributed by atoms with Gasteiger partial charge < -0.3 is 5.11 Å². The monoisotopic (exact) mass is 202 g/mol. The van der Waals surface area contributed by atoms with Crippen molar-refractivity contribution in [1.82, 2.24) is 0 Å². The van der Waals surface area contributed by atoms with Crippen molar-refractivity contribution in [2.24, 2.45) is 0 Å². The highest BCUT2D eigenvalue weighted by molar-refractivity contribution is 7.15. The van der Waals surface area contributed by atoms with Gasteiger partial charge in [-0.15, -0.1) is 11.3 Å². The number of aromatic carboxylic acids is 1. The largest absolute Gasteiger partial charge is 0.478 e. The zero-order valence-electron chi connectivity index (χ0n) is 6.21. The van der Waals surface area contributed by atoms with E-state index in [0.717, 1.165) is 18.4 Å². The van der Waals surface area contributed by atoms with Crippen molar-refractivity contribution < 1.29 is 9.90 Å². The second-order valence-corrected chi connectivity index (χ2v) is 4.40. The number of carboxylic acids is 1. The minimum Gasteiger partial charge on any atom is -0.478 e. The van der Waals surface area contributed by atoms with Crippen LogP contribution in [0.4, 0.5) is 0 Å². The van der Waals surface area contributed by atoms with E-state index in [1.165, 1.54) is 11.3 Å². The molecule has 0 unspecified atom stereocenters. The zero-order chi connectivity index (χ0) is 8.72. The average molecular weight is 203 g/mol. The van der Waals surface area contributed by atoms with E-state index in [4.69, 9.17) is 16.7 Å². The van der Waals surface area contributed by atoms with E-state index in [-0.39, 0.29) is 0 Å². The Morgan fingerprint density at radius 2 is 2.33 bits per heavy atom. The Morgan fingerprint density at radius 3 is 2.83 bits per heavy atom. The highest BCUT2D eigenvalue weighted by atomic mass is 35.5. The summed E-state index contributed by atoms with van der Waals surface area (Å²) in [5, 5.41) is 10.7. The normalized spacial score (nSPS) is 16.4. The fourth-order valence-corrected chi connectivity index (χ4v) is 2.44. The third-order valence-corrected chi connectivity index (χ3v) is 3.24. The van der Waals surface area contributed by atoms with Gasteiger partial charge in [-0.05, 0) is 29.7 Å². The van der Waals surface area contributed by atoms with Crippen molar-refractivity contribution in [3.63, 3.8) is 0 Å². The molecule has 2 rings (SSSR count). The van der Waals surface area contributed by atoms with Crippen LogP contribution in [0.25, 0.3) is 0 Å². The Labute approximate surface area is 78.8 Å². The van der Waals surface area contributed by atoms with Crippen LogP contribution >= 0.6 is 22.9 Å². The van der Waals surface area contributed by atoms with Gasteiger partial charge in [0, 0.05) is 0 Å². The standard InChI is InChI=1S/C8H7ClO2S/c9-7-6(8(10)11)5(3-12-7)4-1-2-4/h3-4H,1-2H2,(H,10,11). The van der Waals surface area contributed by atoms with Crippen LogP contribution in [0.5, 0.6) is 0 Å². The molecule has 1 aromatic rings. The molecule has 2 nitrogen and oxygen atoms in total. The van der Waals surface area contributed by atoms with Crippen LogP contribution in [0.3, 0.4) is 0 Å². The Morgan fingerprint density at radius 1 is 1.67 bits per heavy atom. The quantitative estimate of drug-likeness (QED) is 0.801. The van der Waals surface area contributed by atoms with Crippen LogP contribution in [-0.4, -0.2) is 11.1 Å². The van der Waals surface area contributed by atoms with Crippen LogP contribution in [-0.2, 0) is 0 Å². The van der Waals surface area contributed by atoms with Gasteiger partial charge >= 0.3 is 5.97 Å². The maximum absolute atomic E-state index is 10.8. The zero-order valence-corrected chi connectivity index (χ0v) is 7.78. The highest BCUT2D eigenvalue weighted by Gasteiger charge is 2.30. The van der Waals surface area contributed by atoms with Gasteiger partial charge in [0.05, 0.1) is 5.56 Å². The fourth-order valence-electron chi connectivity index (χ4n) is 1.25. The lowest BCUT2D eigenvalue weighted by molar-refractivity contribution is 0.0696. The molecule has 1 fully saturated rings. The summed E-state index contributed by atoms with van der Waals surface area (Å²) in [6, 6.07) is 0. The summed E-state index contributed by atoms with van der Waals surface area (Å²) in [5.74, 6) is -0.442. The smallest absolute Gasteiger partial charge is 0.338 e. The minimum absolute atomic E-state index is 0.323. The van der Waals surface area contributed by atoms with Crippen LogP contribution in [0, 0.1) is 0 Å². The first-order valence-corrected chi connectivity index (χ1v) is 4.96. The van der Waals surface area contributed by atoms with Crippen LogP contribution in [0.15, 0.2) is 5.38 Å². The first kappa shape index (κ1) is 8.08. The summed E-state index contributed by atoms with van der Waals surface area (Å²) in [7, 11) is 0. The molecule has 0 aliphatic heterocycles. The van der Waals surface area contributed by atoms with E-state index >= 15 is 0 Å². The Balaban J connectivity index is 2.46. The molecule has 1 aliphatic rings. The molecular weight excluding hydrogens is 196 g/mol. The molecule has 0 aromatic carbocycles. The molecule has 0 bridgehead atoms. The summed E-state index contributed by atoms with van der Waals surface area (Å²) in [6.07, 6.45) is 2.21. The maximum atomic E-state index is 10.8. The van der Waals surface area contributed by atoms with Gasteiger partial charge in [-0.3, -0.25) is 0 Å². The van der Waals surface area contributed by atoms with Crippen LogP contribution in [0.1, 0.15) is 34.7 Å². The molecule has 64 valence electrons. The lowest BCUT2D eigenvalue weighted by Gasteiger charge is -1.95. The predicted octanol–water partition coefficient (Wildman–Crippen LogP) is 2.98. The van der Waals surface area contributed by atoms with Crippen molar-refractivity contribution in [3.05, 3.63) is 20.8 Å². The number of thiophene rings is 1. The molecule has 0 amide bonds. The van der Waals surface area contributed by atoms with E-state index in [0.29, 0.717) is 15.8 Å². The van der Waals surface area contributed by atoms with Gasteiger partial charge in [0.15, 0.2) is 0 Å². The number of halogens is 1. The van der Waals surface area contributed by atoms with Gasteiger partial charge in [-0.1, -0.05) is 11.6 Å². The van der Waals surface area contributed by atoms with Crippen molar-refractivity contribution in [1.29, 1.82) is 0 Å². The second-order valence-electron chi connectivity index (χ2n) is 2.92. The average Bonchev–Trinajstić information content (AvgIpc) is 2.75. The number of hydrogen-bond acceptors (Lipinski definition) is 2. The third-order valence-electron chi connectivity index (χ3n) is 2.01. The lowest BCUT2D eigenvalue weighted by Crippen LogP contribution is -1.98. The summed E-state index contributed by atoms with van der Waals surface area (Å²) in [6.45, 7) is 0. The van der Waals surface area contributed by atoms with Gasteiger partial charge in [0.2, 0.25) is 0 Å². The van der Waals surface area contributed by atoms with Gasteiger partial charge in [0.25, 0.3) is 0 Å². The molecule has 4 heteroatoms.